The van der Waals surface area contributed by atoms with Crippen molar-refractivity contribution >= 4 is 11.7 Å². The van der Waals surface area contributed by atoms with Crippen LogP contribution >= 0.6 is 0 Å². The number of carbonyl (C=O) groups excluding carboxylic acids is 1. The van der Waals surface area contributed by atoms with Gasteiger partial charge in [-0.2, -0.15) is 0 Å². The summed E-state index contributed by atoms with van der Waals surface area (Å²) >= 11 is 0. The SMILES string of the molecule is C=CCc1c(-c2cccc([N+](=O)[O-])c2)occ(C(=O)OC(C)(C)C)c1=O. The molecule has 0 spiro atoms. The monoisotopic (exact) mass is 357 g/mol. The zero-order valence-electron chi connectivity index (χ0n) is 14.8. The summed E-state index contributed by atoms with van der Waals surface area (Å²) in [4.78, 5) is 35.4. The molecule has 0 aliphatic rings. The summed E-state index contributed by atoms with van der Waals surface area (Å²) in [6.45, 7) is 8.67. The maximum absolute atomic E-state index is 12.8. The molecule has 0 N–H and O–H groups in total. The summed E-state index contributed by atoms with van der Waals surface area (Å²) in [6, 6.07) is 5.72. The third kappa shape index (κ3) is 4.24. The Morgan fingerprint density at radius 1 is 1.38 bits per heavy atom. The summed E-state index contributed by atoms with van der Waals surface area (Å²) in [5, 5.41) is 11.0. The molecule has 0 fully saturated rings. The first-order chi connectivity index (χ1) is 12.1. The quantitative estimate of drug-likeness (QED) is 0.348. The van der Waals surface area contributed by atoms with Crippen molar-refractivity contribution in [3.63, 3.8) is 0 Å². The molecule has 26 heavy (non-hydrogen) atoms. The van der Waals surface area contributed by atoms with Crippen molar-refractivity contribution in [1.29, 1.82) is 0 Å². The lowest BCUT2D eigenvalue weighted by molar-refractivity contribution is -0.384. The van der Waals surface area contributed by atoms with Crippen molar-refractivity contribution in [3.05, 3.63) is 74.6 Å². The largest absolute Gasteiger partial charge is 0.463 e. The summed E-state index contributed by atoms with van der Waals surface area (Å²) in [5.41, 5.74) is -1.13. The maximum Gasteiger partial charge on any atom is 0.345 e. The van der Waals surface area contributed by atoms with E-state index in [9.17, 15) is 19.7 Å². The van der Waals surface area contributed by atoms with E-state index in [0.717, 1.165) is 6.26 Å². The van der Waals surface area contributed by atoms with Crippen LogP contribution in [0.15, 0.2) is 52.4 Å². The van der Waals surface area contributed by atoms with E-state index >= 15 is 0 Å². The molecule has 1 aromatic carbocycles. The zero-order chi connectivity index (χ0) is 19.5. The van der Waals surface area contributed by atoms with Crippen LogP contribution in [0.1, 0.15) is 36.7 Å². The Kier molecular flexibility index (Phi) is 5.40. The first-order valence-electron chi connectivity index (χ1n) is 7.88. The number of allylic oxidation sites excluding steroid dienone is 1. The molecule has 136 valence electrons. The van der Waals surface area contributed by atoms with Crippen LogP contribution < -0.4 is 5.43 Å². The summed E-state index contributed by atoms with van der Waals surface area (Å²) in [6.07, 6.45) is 2.65. The van der Waals surface area contributed by atoms with Gasteiger partial charge in [0.25, 0.3) is 5.69 Å². The third-order valence-electron chi connectivity index (χ3n) is 3.37. The van der Waals surface area contributed by atoms with Crippen LogP contribution in [0.2, 0.25) is 0 Å². The zero-order valence-corrected chi connectivity index (χ0v) is 14.8. The average molecular weight is 357 g/mol. The van der Waals surface area contributed by atoms with Gasteiger partial charge in [-0.05, 0) is 27.2 Å². The van der Waals surface area contributed by atoms with Crippen LogP contribution in [-0.2, 0) is 11.2 Å². The van der Waals surface area contributed by atoms with Crippen molar-refractivity contribution in [3.8, 4) is 11.3 Å². The Morgan fingerprint density at radius 2 is 2.08 bits per heavy atom. The molecule has 0 atom stereocenters. The molecule has 2 rings (SSSR count). The Hall–Kier alpha value is -3.22. The fraction of sp³-hybridized carbons (Fsp3) is 0.263. The molecule has 0 aliphatic heterocycles. The maximum atomic E-state index is 12.8. The molecule has 1 aromatic heterocycles. The van der Waals surface area contributed by atoms with E-state index in [2.05, 4.69) is 6.58 Å². The third-order valence-corrected chi connectivity index (χ3v) is 3.37. The second kappa shape index (κ2) is 7.35. The molecule has 7 heteroatoms. The van der Waals surface area contributed by atoms with Gasteiger partial charge in [0.15, 0.2) is 0 Å². The number of benzene rings is 1. The van der Waals surface area contributed by atoms with E-state index in [4.69, 9.17) is 9.15 Å². The summed E-state index contributed by atoms with van der Waals surface area (Å²) in [7, 11) is 0. The standard InChI is InChI=1S/C19H19NO6/c1-5-7-14-16(21)15(18(22)26-19(2,3)4)11-25-17(14)12-8-6-9-13(10-12)20(23)24/h5-6,8-11H,1,7H2,2-4H3. The number of hydrogen-bond acceptors (Lipinski definition) is 6. The Bertz CT molecular complexity index is 920. The molecule has 0 bridgehead atoms. The topological polar surface area (TPSA) is 99.7 Å². The van der Waals surface area contributed by atoms with Gasteiger partial charge < -0.3 is 9.15 Å². The first kappa shape index (κ1) is 19.1. The summed E-state index contributed by atoms with van der Waals surface area (Å²) in [5.74, 6) is -0.631. The van der Waals surface area contributed by atoms with E-state index in [1.54, 1.807) is 26.8 Å². The number of non-ortho nitro benzene ring substituents is 1. The second-order valence-electron chi connectivity index (χ2n) is 6.59. The molecule has 0 saturated carbocycles. The van der Waals surface area contributed by atoms with Crippen LogP contribution in [0.4, 0.5) is 5.69 Å². The molecule has 0 amide bonds. The number of ether oxygens (including phenoxy) is 1. The number of carbonyl (C=O) groups is 1. The van der Waals surface area contributed by atoms with Gasteiger partial charge in [-0.15, -0.1) is 6.58 Å². The fourth-order valence-electron chi connectivity index (χ4n) is 2.31. The highest BCUT2D eigenvalue weighted by Gasteiger charge is 2.24. The Balaban J connectivity index is 2.59. The van der Waals surface area contributed by atoms with Gasteiger partial charge in [-0.3, -0.25) is 14.9 Å². The van der Waals surface area contributed by atoms with Crippen molar-refractivity contribution in [2.24, 2.45) is 0 Å². The number of hydrogen-bond donors (Lipinski definition) is 0. The normalized spacial score (nSPS) is 11.0. The number of nitro benzene ring substituents is 1. The minimum atomic E-state index is -0.790. The lowest BCUT2D eigenvalue weighted by Gasteiger charge is -2.19. The van der Waals surface area contributed by atoms with Crippen LogP contribution in [0.5, 0.6) is 0 Å². The molecule has 2 aromatic rings. The number of esters is 1. The number of nitro groups is 1. The van der Waals surface area contributed by atoms with Crippen molar-refractivity contribution < 1.29 is 18.9 Å². The molecule has 7 nitrogen and oxygen atoms in total. The minimum Gasteiger partial charge on any atom is -0.463 e. The van der Waals surface area contributed by atoms with Crippen molar-refractivity contribution in [2.75, 3.05) is 0 Å². The lowest BCUT2D eigenvalue weighted by Crippen LogP contribution is -2.28. The van der Waals surface area contributed by atoms with Gasteiger partial charge in [0.1, 0.15) is 23.2 Å². The van der Waals surface area contributed by atoms with Crippen LogP contribution in [0.3, 0.4) is 0 Å². The highest BCUT2D eigenvalue weighted by molar-refractivity contribution is 5.89. The van der Waals surface area contributed by atoms with E-state index in [-0.39, 0.29) is 29.0 Å². The van der Waals surface area contributed by atoms with Crippen LogP contribution in [0, 0.1) is 10.1 Å². The van der Waals surface area contributed by atoms with Gasteiger partial charge >= 0.3 is 5.97 Å². The second-order valence-corrected chi connectivity index (χ2v) is 6.59. The Morgan fingerprint density at radius 3 is 2.65 bits per heavy atom. The minimum absolute atomic E-state index is 0.133. The molecular weight excluding hydrogens is 338 g/mol. The molecule has 1 heterocycles. The molecule has 0 aliphatic carbocycles. The van der Waals surface area contributed by atoms with E-state index < -0.39 is 21.9 Å². The molecular formula is C19H19NO6. The molecule has 0 saturated heterocycles. The van der Waals surface area contributed by atoms with E-state index in [0.29, 0.717) is 5.56 Å². The van der Waals surface area contributed by atoms with Gasteiger partial charge in [-0.1, -0.05) is 18.2 Å². The predicted octanol–water partition coefficient (Wildman–Crippen LogP) is 3.90. The van der Waals surface area contributed by atoms with Crippen molar-refractivity contribution in [1.82, 2.24) is 0 Å². The van der Waals surface area contributed by atoms with E-state index in [1.165, 1.54) is 24.3 Å². The van der Waals surface area contributed by atoms with E-state index in [1.807, 2.05) is 0 Å². The fourth-order valence-corrected chi connectivity index (χ4v) is 2.31. The molecule has 0 unspecified atom stereocenters. The lowest BCUT2D eigenvalue weighted by atomic mass is 10.0. The Labute approximate surface area is 150 Å². The van der Waals surface area contributed by atoms with Crippen LogP contribution in [-0.4, -0.2) is 16.5 Å². The highest BCUT2D eigenvalue weighted by atomic mass is 16.6. The van der Waals surface area contributed by atoms with Gasteiger partial charge in [0.2, 0.25) is 5.43 Å². The van der Waals surface area contributed by atoms with Crippen LogP contribution in [0.25, 0.3) is 11.3 Å². The first-order valence-corrected chi connectivity index (χ1v) is 7.88. The van der Waals surface area contributed by atoms with Gasteiger partial charge in [0.05, 0.1) is 4.92 Å². The van der Waals surface area contributed by atoms with Gasteiger partial charge in [0, 0.05) is 23.3 Å². The van der Waals surface area contributed by atoms with Crippen molar-refractivity contribution in [2.45, 2.75) is 32.8 Å². The summed E-state index contributed by atoms with van der Waals surface area (Å²) < 4.78 is 10.7. The smallest absolute Gasteiger partial charge is 0.345 e. The molecule has 0 radical (unpaired) electrons. The number of rotatable bonds is 5. The predicted molar refractivity (Wildman–Crippen MR) is 96.1 cm³/mol. The highest BCUT2D eigenvalue weighted by Crippen LogP contribution is 2.27. The van der Waals surface area contributed by atoms with Gasteiger partial charge in [-0.25, -0.2) is 4.79 Å². The number of nitrogens with zero attached hydrogens (tertiary/aromatic N) is 1. The average Bonchev–Trinajstić information content (AvgIpc) is 2.55.